The van der Waals surface area contributed by atoms with Crippen molar-refractivity contribution in [2.45, 2.75) is 38.5 Å². The second-order valence-electron chi connectivity index (χ2n) is 11.2. The maximum Gasteiger partial charge on any atom is 0.336 e. The smallest absolute Gasteiger partial charge is 0.336 e. The predicted molar refractivity (Wildman–Crippen MR) is 185 cm³/mol. The van der Waals surface area contributed by atoms with E-state index in [4.69, 9.17) is 24.1 Å². The molecule has 0 saturated carbocycles. The number of unbranched alkanes of at least 4 members (excludes halogenated alkanes) is 4. The van der Waals surface area contributed by atoms with Crippen LogP contribution in [0, 0.1) is 0 Å². The van der Waals surface area contributed by atoms with Crippen LogP contribution in [-0.4, -0.2) is 66.7 Å². The molecule has 0 aliphatic carbocycles. The lowest BCUT2D eigenvalue weighted by molar-refractivity contribution is -0.140. The van der Waals surface area contributed by atoms with Gasteiger partial charge in [-0.05, 0) is 84.8 Å². The second-order valence-corrected chi connectivity index (χ2v) is 11.2. The van der Waals surface area contributed by atoms with Gasteiger partial charge < -0.3 is 24.1 Å². The summed E-state index contributed by atoms with van der Waals surface area (Å²) in [6, 6.07) is 22.3. The Balaban J connectivity index is 1.10. The van der Waals surface area contributed by atoms with E-state index in [0.717, 1.165) is 53.9 Å². The molecule has 0 unspecified atom stereocenters. The van der Waals surface area contributed by atoms with Crippen LogP contribution in [0.4, 0.5) is 0 Å². The summed E-state index contributed by atoms with van der Waals surface area (Å²) in [5.74, 6) is 0.348. The Bertz CT molecular complexity index is 1610. The molecule has 0 bridgehead atoms. The molecule has 0 atom stereocenters. The van der Waals surface area contributed by atoms with Crippen LogP contribution in [0.3, 0.4) is 0 Å². The van der Waals surface area contributed by atoms with Crippen LogP contribution in [0.25, 0.3) is 17.2 Å². The number of imide groups is 1. The van der Waals surface area contributed by atoms with Crippen LogP contribution in [0.5, 0.6) is 17.2 Å². The number of hydrogen-bond donors (Lipinski definition) is 1. The quantitative estimate of drug-likeness (QED) is 0.0501. The molecule has 0 radical (unpaired) electrons. The van der Waals surface area contributed by atoms with Crippen molar-refractivity contribution in [2.75, 3.05) is 33.0 Å². The highest BCUT2D eigenvalue weighted by Crippen LogP contribution is 2.25. The van der Waals surface area contributed by atoms with E-state index in [0.29, 0.717) is 38.3 Å². The summed E-state index contributed by atoms with van der Waals surface area (Å²) in [4.78, 5) is 48.2. The topological polar surface area (TPSA) is 129 Å². The molecule has 0 fully saturated rings. The number of aliphatic hydroxyl groups is 1. The van der Waals surface area contributed by atoms with Crippen molar-refractivity contribution in [3.63, 3.8) is 0 Å². The molecule has 4 rings (SSSR count). The normalized spacial score (nSPS) is 12.4. The van der Waals surface area contributed by atoms with Gasteiger partial charge in [0.05, 0.1) is 32.0 Å². The lowest BCUT2D eigenvalue weighted by Gasteiger charge is -2.13. The number of rotatable bonds is 20. The molecule has 1 aliphatic heterocycles. The summed E-state index contributed by atoms with van der Waals surface area (Å²) in [6.45, 7) is 4.75. The SMILES string of the molecule is C=C(CO)C(=O)OCCCCOc1ccc(-c2ccc(OC(=O)/C=C/c3ccc(OCCCCCCN4C(=O)C=CC4=O)cc3)cc2)cc1. The van der Waals surface area contributed by atoms with E-state index < -0.39 is 18.5 Å². The first kappa shape index (κ1) is 36.4. The third-order valence-corrected chi connectivity index (χ3v) is 7.52. The fourth-order valence-corrected chi connectivity index (χ4v) is 4.74. The van der Waals surface area contributed by atoms with E-state index in [1.807, 2.05) is 60.7 Å². The fraction of sp³-hybridized carbons (Fsp3) is 0.282. The van der Waals surface area contributed by atoms with E-state index in [-0.39, 0.29) is 24.0 Å². The number of aliphatic hydroxyl groups excluding tert-OH is 1. The van der Waals surface area contributed by atoms with E-state index in [9.17, 15) is 19.2 Å². The molecule has 3 aromatic rings. The third kappa shape index (κ3) is 12.2. The van der Waals surface area contributed by atoms with E-state index in [1.54, 1.807) is 18.2 Å². The number of hydrogen-bond acceptors (Lipinski definition) is 9. The van der Waals surface area contributed by atoms with Crippen LogP contribution in [0.15, 0.2) is 103 Å². The molecule has 1 heterocycles. The molecule has 1 N–H and O–H groups in total. The van der Waals surface area contributed by atoms with Gasteiger partial charge in [-0.15, -0.1) is 0 Å². The van der Waals surface area contributed by atoms with Crippen LogP contribution in [0.1, 0.15) is 44.1 Å². The van der Waals surface area contributed by atoms with Gasteiger partial charge in [0.15, 0.2) is 0 Å². The van der Waals surface area contributed by atoms with E-state index >= 15 is 0 Å². The van der Waals surface area contributed by atoms with Crippen molar-refractivity contribution in [1.29, 1.82) is 0 Å². The van der Waals surface area contributed by atoms with Gasteiger partial charge in [0.25, 0.3) is 11.8 Å². The van der Waals surface area contributed by atoms with Gasteiger partial charge >= 0.3 is 11.9 Å². The van der Waals surface area contributed by atoms with Crippen molar-refractivity contribution >= 4 is 29.8 Å². The van der Waals surface area contributed by atoms with Crippen molar-refractivity contribution in [3.05, 3.63) is 109 Å². The zero-order valence-electron chi connectivity index (χ0n) is 27.4. The van der Waals surface area contributed by atoms with Crippen LogP contribution in [0.2, 0.25) is 0 Å². The zero-order valence-corrected chi connectivity index (χ0v) is 27.4. The van der Waals surface area contributed by atoms with Gasteiger partial charge in [-0.25, -0.2) is 9.59 Å². The number of amides is 2. The molecular formula is C39H41NO9. The third-order valence-electron chi connectivity index (χ3n) is 7.52. The summed E-state index contributed by atoms with van der Waals surface area (Å²) >= 11 is 0. The summed E-state index contributed by atoms with van der Waals surface area (Å²) < 4.78 is 22.0. The molecule has 1 aliphatic rings. The molecule has 10 heteroatoms. The zero-order chi connectivity index (χ0) is 34.8. The maximum atomic E-state index is 12.4. The van der Waals surface area contributed by atoms with Crippen molar-refractivity contribution in [1.82, 2.24) is 4.90 Å². The van der Waals surface area contributed by atoms with Crippen molar-refractivity contribution in [3.8, 4) is 28.4 Å². The summed E-state index contributed by atoms with van der Waals surface area (Å²) in [5.41, 5.74) is 2.81. The van der Waals surface area contributed by atoms with Gasteiger partial charge in [-0.2, -0.15) is 0 Å². The van der Waals surface area contributed by atoms with Crippen molar-refractivity contribution < 1.29 is 43.2 Å². The minimum Gasteiger partial charge on any atom is -0.494 e. The number of carbonyl (C=O) groups is 4. The molecule has 0 aromatic heterocycles. The molecule has 2 amide bonds. The summed E-state index contributed by atoms with van der Waals surface area (Å²) in [7, 11) is 0. The van der Waals surface area contributed by atoms with Gasteiger partial charge in [0.1, 0.15) is 17.2 Å². The largest absolute Gasteiger partial charge is 0.494 e. The summed E-state index contributed by atoms with van der Waals surface area (Å²) in [5, 5.41) is 8.87. The monoisotopic (exact) mass is 667 g/mol. The molecule has 0 spiro atoms. The van der Waals surface area contributed by atoms with Crippen molar-refractivity contribution in [2.24, 2.45) is 0 Å². The Morgan fingerprint density at radius 3 is 1.78 bits per heavy atom. The van der Waals surface area contributed by atoms with E-state index in [2.05, 4.69) is 6.58 Å². The minimum atomic E-state index is -0.586. The Labute approximate surface area is 286 Å². The first-order chi connectivity index (χ1) is 23.8. The Morgan fingerprint density at radius 1 is 0.673 bits per heavy atom. The maximum absolute atomic E-state index is 12.4. The minimum absolute atomic E-state index is 0.0378. The number of carbonyl (C=O) groups excluding carboxylic acids is 4. The molecule has 10 nitrogen and oxygen atoms in total. The molecule has 3 aromatic carbocycles. The molecule has 256 valence electrons. The second kappa shape index (κ2) is 19.4. The summed E-state index contributed by atoms with van der Waals surface area (Å²) in [6.07, 6.45) is 10.5. The Hall–Kier alpha value is -5.48. The average Bonchev–Trinajstić information content (AvgIpc) is 3.44. The number of esters is 2. The molecule has 49 heavy (non-hydrogen) atoms. The van der Waals surface area contributed by atoms with Gasteiger partial charge in [-0.1, -0.05) is 55.8 Å². The van der Waals surface area contributed by atoms with Gasteiger partial charge in [0, 0.05) is 24.8 Å². The fourth-order valence-electron chi connectivity index (χ4n) is 4.74. The lowest BCUT2D eigenvalue weighted by atomic mass is 10.1. The van der Waals surface area contributed by atoms with E-state index in [1.165, 1.54) is 23.1 Å². The van der Waals surface area contributed by atoms with Gasteiger partial charge in [-0.3, -0.25) is 14.5 Å². The first-order valence-electron chi connectivity index (χ1n) is 16.3. The Morgan fingerprint density at radius 2 is 1.18 bits per heavy atom. The Kier molecular flexibility index (Phi) is 14.4. The lowest BCUT2D eigenvalue weighted by Crippen LogP contribution is -2.30. The van der Waals surface area contributed by atoms with Gasteiger partial charge in [0.2, 0.25) is 0 Å². The van der Waals surface area contributed by atoms with Crippen LogP contribution < -0.4 is 14.2 Å². The highest BCUT2D eigenvalue weighted by molar-refractivity contribution is 6.12. The average molecular weight is 668 g/mol. The van der Waals surface area contributed by atoms with Crippen LogP contribution >= 0.6 is 0 Å². The highest BCUT2D eigenvalue weighted by Gasteiger charge is 2.22. The molecule has 0 saturated heterocycles. The number of ether oxygens (including phenoxy) is 4. The number of benzene rings is 3. The number of nitrogens with zero attached hydrogens (tertiary/aromatic N) is 1. The predicted octanol–water partition coefficient (Wildman–Crippen LogP) is 6.09. The first-order valence-corrected chi connectivity index (χ1v) is 16.3. The standard InChI is InChI=1S/C39H41NO9/c1-29(28-41)39(45)48-27-7-6-26-47-34-17-11-31(12-18-34)32-13-19-35(20-14-32)49-38(44)23-10-30-8-15-33(16-9-30)46-25-5-3-2-4-24-40-36(42)21-22-37(40)43/h8-23,41H,1-7,24-28H2/b23-10+. The molecular weight excluding hydrogens is 626 g/mol. The highest BCUT2D eigenvalue weighted by atomic mass is 16.5. The van der Waals surface area contributed by atoms with Crippen LogP contribution in [-0.2, 0) is 23.9 Å².